The van der Waals surface area contributed by atoms with Gasteiger partial charge in [-0.15, -0.1) is 0 Å². The van der Waals surface area contributed by atoms with Gasteiger partial charge >= 0.3 is 5.97 Å². The first-order chi connectivity index (χ1) is 13.9. The Morgan fingerprint density at radius 2 is 1.37 bits per heavy atom. The third-order valence-corrected chi connectivity index (χ3v) is 5.53. The Morgan fingerprint density at radius 1 is 0.867 bits per heavy atom. The second kappa shape index (κ2) is 9.59. The number of hydrogen-bond acceptors (Lipinski definition) is 4. The molecule has 1 aliphatic heterocycles. The average molecular weight is 414 g/mol. The molecule has 30 heavy (non-hydrogen) atoms. The minimum absolute atomic E-state index is 0.150. The first-order valence-corrected chi connectivity index (χ1v) is 10.8. The Kier molecular flexibility index (Phi) is 7.62. The van der Waals surface area contributed by atoms with Crippen molar-refractivity contribution in [2.24, 2.45) is 0 Å². The number of carbonyl (C=O) groups is 3. The SMILES string of the molecule is CC(C)c1cc(C(C)C)c(C(C)C)c(COC(=O)CC2=CC(=O)NC2=O)c1C(C)C. The number of rotatable bonds is 8. The molecule has 0 aliphatic carbocycles. The molecule has 0 aromatic heterocycles. The number of esters is 1. The maximum atomic E-state index is 12.5. The molecule has 1 aliphatic rings. The molecule has 0 unspecified atom stereocenters. The van der Waals surface area contributed by atoms with Gasteiger partial charge in [-0.2, -0.15) is 0 Å². The summed E-state index contributed by atoms with van der Waals surface area (Å²) in [6.07, 6.45) is 0.964. The van der Waals surface area contributed by atoms with Crippen LogP contribution in [-0.4, -0.2) is 17.8 Å². The summed E-state index contributed by atoms with van der Waals surface area (Å²) in [5.74, 6) is -0.226. The number of nitrogens with one attached hydrogen (secondary N) is 1. The number of hydrogen-bond donors (Lipinski definition) is 1. The molecule has 0 fully saturated rings. The molecule has 0 spiro atoms. The number of imide groups is 1. The van der Waals surface area contributed by atoms with Gasteiger partial charge < -0.3 is 4.74 Å². The van der Waals surface area contributed by atoms with Gasteiger partial charge in [0.2, 0.25) is 0 Å². The molecule has 0 saturated heterocycles. The molecular formula is C25H35NO4. The molecule has 1 aromatic carbocycles. The molecule has 0 atom stereocenters. The standard InChI is InChI=1S/C25H35NO4/c1-13(2)18-11-19(14(3)4)24(16(7)8)20(23(18)15(5)6)12-30-22(28)10-17-9-21(27)26-25(17)29/h9,11,13-16H,10,12H2,1-8H3,(H,26,27,29). The van der Waals surface area contributed by atoms with Gasteiger partial charge in [0.1, 0.15) is 6.61 Å². The van der Waals surface area contributed by atoms with Crippen molar-refractivity contribution in [2.45, 2.75) is 92.1 Å². The fourth-order valence-electron chi connectivity index (χ4n) is 4.23. The maximum Gasteiger partial charge on any atom is 0.310 e. The van der Waals surface area contributed by atoms with Gasteiger partial charge in [-0.05, 0) is 51.5 Å². The van der Waals surface area contributed by atoms with Crippen LogP contribution < -0.4 is 5.32 Å². The monoisotopic (exact) mass is 413 g/mol. The molecule has 1 heterocycles. The van der Waals surface area contributed by atoms with Crippen LogP contribution in [0, 0.1) is 0 Å². The highest BCUT2D eigenvalue weighted by molar-refractivity contribution is 6.17. The van der Waals surface area contributed by atoms with E-state index in [-0.39, 0.29) is 30.4 Å². The van der Waals surface area contributed by atoms with Crippen LogP contribution in [0.5, 0.6) is 0 Å². The van der Waals surface area contributed by atoms with Crippen LogP contribution in [0.3, 0.4) is 0 Å². The van der Waals surface area contributed by atoms with Crippen molar-refractivity contribution in [3.63, 3.8) is 0 Å². The third-order valence-electron chi connectivity index (χ3n) is 5.53. The third kappa shape index (κ3) is 5.18. The van der Waals surface area contributed by atoms with Crippen molar-refractivity contribution in [3.05, 3.63) is 45.5 Å². The average Bonchev–Trinajstić information content (AvgIpc) is 2.94. The van der Waals surface area contributed by atoms with Gasteiger partial charge in [-0.3, -0.25) is 19.7 Å². The van der Waals surface area contributed by atoms with E-state index in [0.29, 0.717) is 11.8 Å². The normalized spacial score (nSPS) is 14.2. The van der Waals surface area contributed by atoms with Crippen LogP contribution in [0.2, 0.25) is 0 Å². The molecule has 2 amide bonds. The van der Waals surface area contributed by atoms with E-state index in [2.05, 4.69) is 66.8 Å². The van der Waals surface area contributed by atoms with Crippen molar-refractivity contribution < 1.29 is 19.1 Å². The molecular weight excluding hydrogens is 378 g/mol. The van der Waals surface area contributed by atoms with E-state index in [1.54, 1.807) is 0 Å². The summed E-state index contributed by atoms with van der Waals surface area (Å²) in [6, 6.07) is 2.34. The van der Waals surface area contributed by atoms with Gasteiger partial charge in [-0.1, -0.05) is 61.5 Å². The van der Waals surface area contributed by atoms with Gasteiger partial charge in [0.25, 0.3) is 11.8 Å². The van der Waals surface area contributed by atoms with E-state index in [4.69, 9.17) is 4.74 Å². The van der Waals surface area contributed by atoms with Crippen LogP contribution >= 0.6 is 0 Å². The topological polar surface area (TPSA) is 72.5 Å². The molecule has 1 N–H and O–H groups in total. The summed E-state index contributed by atoms with van der Waals surface area (Å²) >= 11 is 0. The van der Waals surface area contributed by atoms with E-state index in [9.17, 15) is 14.4 Å². The minimum Gasteiger partial charge on any atom is -0.461 e. The molecule has 0 bridgehead atoms. The summed E-state index contributed by atoms with van der Waals surface area (Å²) in [5, 5.41) is 2.16. The number of ether oxygens (including phenoxy) is 1. The lowest BCUT2D eigenvalue weighted by Crippen LogP contribution is -2.23. The van der Waals surface area contributed by atoms with E-state index < -0.39 is 17.8 Å². The predicted octanol–water partition coefficient (Wildman–Crippen LogP) is 5.20. The summed E-state index contributed by atoms with van der Waals surface area (Å²) < 4.78 is 5.65. The Morgan fingerprint density at radius 3 is 1.73 bits per heavy atom. The van der Waals surface area contributed by atoms with Crippen molar-refractivity contribution >= 4 is 17.8 Å². The van der Waals surface area contributed by atoms with Gasteiger partial charge in [0.05, 0.1) is 6.42 Å². The van der Waals surface area contributed by atoms with Crippen LogP contribution in [0.4, 0.5) is 0 Å². The van der Waals surface area contributed by atoms with Crippen LogP contribution in [0.15, 0.2) is 17.7 Å². The predicted molar refractivity (Wildman–Crippen MR) is 118 cm³/mol. The molecule has 0 radical (unpaired) electrons. The Balaban J connectivity index is 2.45. The van der Waals surface area contributed by atoms with Crippen LogP contribution in [0.1, 0.15) is 113 Å². The largest absolute Gasteiger partial charge is 0.461 e. The summed E-state index contributed by atoms with van der Waals surface area (Å²) in [4.78, 5) is 35.5. The molecule has 2 rings (SSSR count). The molecule has 0 saturated carbocycles. The fraction of sp³-hybridized carbons (Fsp3) is 0.560. The zero-order valence-electron chi connectivity index (χ0n) is 19.5. The van der Waals surface area contributed by atoms with Gasteiger partial charge in [0, 0.05) is 11.6 Å². The van der Waals surface area contributed by atoms with E-state index in [0.717, 1.165) is 5.56 Å². The van der Waals surface area contributed by atoms with E-state index in [1.165, 1.54) is 28.3 Å². The number of amides is 2. The summed E-state index contributed by atoms with van der Waals surface area (Å²) in [7, 11) is 0. The van der Waals surface area contributed by atoms with Gasteiger partial charge in [0.15, 0.2) is 0 Å². The quantitative estimate of drug-likeness (QED) is 0.470. The first kappa shape index (κ1) is 23.8. The Bertz CT molecular complexity index is 837. The highest BCUT2D eigenvalue weighted by Gasteiger charge is 2.26. The zero-order chi connectivity index (χ0) is 22.7. The van der Waals surface area contributed by atoms with Crippen molar-refractivity contribution in [1.82, 2.24) is 5.32 Å². The summed E-state index contributed by atoms with van der Waals surface area (Å²) in [6.45, 7) is 17.6. The molecule has 164 valence electrons. The molecule has 1 aromatic rings. The second-order valence-corrected chi connectivity index (χ2v) is 9.31. The Hall–Kier alpha value is -2.43. The summed E-state index contributed by atoms with van der Waals surface area (Å²) in [5.41, 5.74) is 6.33. The van der Waals surface area contributed by atoms with Crippen LogP contribution in [0.25, 0.3) is 0 Å². The van der Waals surface area contributed by atoms with Crippen molar-refractivity contribution in [1.29, 1.82) is 0 Å². The van der Waals surface area contributed by atoms with Crippen molar-refractivity contribution in [3.8, 4) is 0 Å². The highest BCUT2D eigenvalue weighted by atomic mass is 16.5. The lowest BCUT2D eigenvalue weighted by Gasteiger charge is -2.29. The molecule has 5 nitrogen and oxygen atoms in total. The van der Waals surface area contributed by atoms with Crippen LogP contribution in [-0.2, 0) is 25.7 Å². The van der Waals surface area contributed by atoms with Gasteiger partial charge in [-0.25, -0.2) is 0 Å². The minimum atomic E-state index is -0.522. The highest BCUT2D eigenvalue weighted by Crippen LogP contribution is 2.39. The van der Waals surface area contributed by atoms with E-state index in [1.807, 2.05) is 0 Å². The first-order valence-electron chi connectivity index (χ1n) is 10.8. The maximum absolute atomic E-state index is 12.5. The number of carbonyl (C=O) groups excluding carboxylic acids is 3. The van der Waals surface area contributed by atoms with Crippen molar-refractivity contribution in [2.75, 3.05) is 0 Å². The number of benzene rings is 1. The molecule has 5 heteroatoms. The smallest absolute Gasteiger partial charge is 0.310 e. The lowest BCUT2D eigenvalue weighted by atomic mass is 9.77. The lowest BCUT2D eigenvalue weighted by molar-refractivity contribution is -0.144. The zero-order valence-corrected chi connectivity index (χ0v) is 19.5. The fourth-order valence-corrected chi connectivity index (χ4v) is 4.23. The van der Waals surface area contributed by atoms with E-state index >= 15 is 0 Å². The second-order valence-electron chi connectivity index (χ2n) is 9.31. The Labute approximate surface area is 180 Å².